The number of carbonyl (C=O) groups is 2. The number of rotatable bonds is 5. The molecular formula is C31H28ClN11O4S. The molecule has 7 rings (SSSR count). The fraction of sp³-hybridized carbons (Fsp3) is 0.194. The second-order valence-corrected chi connectivity index (χ2v) is 12.5. The minimum atomic E-state index is -0.741. The van der Waals surface area contributed by atoms with Gasteiger partial charge in [0.1, 0.15) is 28.9 Å². The molecule has 0 saturated heterocycles. The molecule has 0 bridgehead atoms. The number of nitrogens with one attached hydrogen (secondary N) is 1. The molecule has 0 radical (unpaired) electrons. The number of carbonyl (C=O) groups excluding carboxylic acids is 2. The molecule has 0 aliphatic carbocycles. The van der Waals surface area contributed by atoms with Crippen LogP contribution in [0.3, 0.4) is 0 Å². The number of hydrogen-bond acceptors (Lipinski definition) is 11. The number of hydrogen-bond donors (Lipinski definition) is 3. The molecule has 0 fully saturated rings. The van der Waals surface area contributed by atoms with Gasteiger partial charge in [-0.2, -0.15) is 4.68 Å². The summed E-state index contributed by atoms with van der Waals surface area (Å²) in [5, 5.41) is 29.9. The number of primary amides is 1. The van der Waals surface area contributed by atoms with Crippen LogP contribution in [0.5, 0.6) is 5.75 Å². The number of aromatic nitrogens is 8. The first kappa shape index (κ1) is 32.2. The van der Waals surface area contributed by atoms with Crippen LogP contribution >= 0.6 is 22.9 Å². The van der Waals surface area contributed by atoms with Gasteiger partial charge in [0.05, 0.1) is 12.1 Å². The van der Waals surface area contributed by atoms with Crippen molar-refractivity contribution >= 4 is 51.8 Å². The Labute approximate surface area is 281 Å². The molecule has 17 heteroatoms. The number of halogens is 1. The van der Waals surface area contributed by atoms with Crippen molar-refractivity contribution in [2.24, 2.45) is 17.8 Å². The number of amides is 2. The maximum absolute atomic E-state index is 13.0. The number of imidazole rings is 1. The summed E-state index contributed by atoms with van der Waals surface area (Å²) >= 11 is 7.82. The number of aromatic hydroxyl groups is 1. The maximum Gasteiger partial charge on any atom is 0.352 e. The molecule has 6 aromatic rings. The first-order valence-corrected chi connectivity index (χ1v) is 15.6. The molecule has 48 heavy (non-hydrogen) atoms. The summed E-state index contributed by atoms with van der Waals surface area (Å²) in [5.74, 6) is 0.563. The number of nitrogens with two attached hydrogens (primary N) is 1. The topological polar surface area (TPSA) is 201 Å². The van der Waals surface area contributed by atoms with Crippen molar-refractivity contribution in [2.75, 3.05) is 5.32 Å². The lowest BCUT2D eigenvalue weighted by atomic mass is 9.99. The van der Waals surface area contributed by atoms with Crippen molar-refractivity contribution < 1.29 is 14.7 Å². The lowest BCUT2D eigenvalue weighted by molar-refractivity contribution is -0.116. The predicted molar refractivity (Wildman–Crippen MR) is 179 cm³/mol. The highest BCUT2D eigenvalue weighted by atomic mass is 35.5. The largest absolute Gasteiger partial charge is 0.508 e. The van der Waals surface area contributed by atoms with Gasteiger partial charge in [0.15, 0.2) is 17.2 Å². The van der Waals surface area contributed by atoms with Gasteiger partial charge in [-0.15, -0.1) is 26.6 Å². The molecule has 1 aliphatic heterocycles. The van der Waals surface area contributed by atoms with E-state index in [1.165, 1.54) is 30.4 Å². The first-order chi connectivity index (χ1) is 22.9. The van der Waals surface area contributed by atoms with E-state index < -0.39 is 17.6 Å². The summed E-state index contributed by atoms with van der Waals surface area (Å²) < 4.78 is 4.15. The summed E-state index contributed by atoms with van der Waals surface area (Å²) in [7, 11) is 1.44. The molecule has 2 aromatic carbocycles. The van der Waals surface area contributed by atoms with Crippen LogP contribution in [-0.4, -0.2) is 61.8 Å². The number of aliphatic imine (C=N–C) groups is 1. The molecule has 4 N–H and O–H groups in total. The van der Waals surface area contributed by atoms with Crippen molar-refractivity contribution in [3.8, 4) is 10.8 Å². The van der Waals surface area contributed by atoms with E-state index in [0.717, 1.165) is 42.3 Å². The highest BCUT2D eigenvalue weighted by Gasteiger charge is 2.32. The van der Waals surface area contributed by atoms with Gasteiger partial charge in [-0.25, -0.2) is 14.2 Å². The molecule has 2 amide bonds. The number of thiophene rings is 1. The third kappa shape index (κ3) is 6.05. The number of aryl methyl sites for hydroxylation is 3. The average molecular weight is 686 g/mol. The number of benzene rings is 2. The third-order valence-corrected chi connectivity index (χ3v) is 9.06. The first-order valence-electron chi connectivity index (χ1n) is 14.4. The zero-order chi connectivity index (χ0) is 34.3. The van der Waals surface area contributed by atoms with E-state index >= 15 is 0 Å². The lowest BCUT2D eigenvalue weighted by Gasteiger charge is -2.13. The van der Waals surface area contributed by atoms with Gasteiger partial charge in [0.2, 0.25) is 5.91 Å². The highest BCUT2D eigenvalue weighted by molar-refractivity contribution is 7.15. The Bertz CT molecular complexity index is 2290. The standard InChI is InChI=1S/C25H22ClN5O2S.C6H6N6O2/c1-13-14(2)34-25-22(13)23(16-4-6-17(26)7-5-16)28-20(24-30-29-15(3)31(24)25)12-21(33)27-18-8-10-19(32)11-9-18;1-11-6(14)12-2-8-3(4(7)13)5(12)9-10-11/h4-11,20,32H,12H2,1-3H3,(H,27,33);2H,1H3,(H2,7,13). The van der Waals surface area contributed by atoms with Gasteiger partial charge in [-0.05, 0) is 62.7 Å². The van der Waals surface area contributed by atoms with E-state index in [2.05, 4.69) is 44.7 Å². The molecule has 5 heterocycles. The van der Waals surface area contributed by atoms with Crippen LogP contribution in [0, 0.1) is 20.8 Å². The highest BCUT2D eigenvalue weighted by Crippen LogP contribution is 2.39. The minimum absolute atomic E-state index is 0.0600. The molecule has 1 atom stereocenters. The fourth-order valence-electron chi connectivity index (χ4n) is 5.12. The second kappa shape index (κ2) is 12.8. The molecule has 244 valence electrons. The van der Waals surface area contributed by atoms with Crippen LogP contribution in [0.4, 0.5) is 5.69 Å². The molecular weight excluding hydrogens is 658 g/mol. The van der Waals surface area contributed by atoms with Crippen LogP contribution in [0.25, 0.3) is 10.6 Å². The van der Waals surface area contributed by atoms with Crippen LogP contribution in [0.15, 0.2) is 64.6 Å². The van der Waals surface area contributed by atoms with Gasteiger partial charge >= 0.3 is 5.69 Å². The summed E-state index contributed by atoms with van der Waals surface area (Å²) in [5.41, 5.74) is 9.09. The number of phenols is 1. The molecule has 15 nitrogen and oxygen atoms in total. The van der Waals surface area contributed by atoms with Crippen LogP contribution < -0.4 is 16.7 Å². The van der Waals surface area contributed by atoms with Gasteiger partial charge < -0.3 is 16.2 Å². The number of fused-ring (bicyclic) bond motifs is 4. The Hall–Kier alpha value is -5.74. The number of phenolic OH excluding ortho intramolecular Hbond substituents is 1. The van der Waals surface area contributed by atoms with Crippen LogP contribution in [0.2, 0.25) is 5.02 Å². The molecule has 1 unspecified atom stereocenters. The van der Waals surface area contributed by atoms with Crippen molar-refractivity contribution in [3.63, 3.8) is 0 Å². The van der Waals surface area contributed by atoms with E-state index in [9.17, 15) is 19.5 Å². The maximum atomic E-state index is 13.0. The Morgan fingerprint density at radius 2 is 1.75 bits per heavy atom. The van der Waals surface area contributed by atoms with Crippen molar-refractivity contribution in [1.82, 2.24) is 39.1 Å². The Morgan fingerprint density at radius 3 is 2.44 bits per heavy atom. The van der Waals surface area contributed by atoms with E-state index in [1.54, 1.807) is 23.5 Å². The monoisotopic (exact) mass is 685 g/mol. The van der Waals surface area contributed by atoms with E-state index in [-0.39, 0.29) is 29.4 Å². The molecule has 1 aliphatic rings. The van der Waals surface area contributed by atoms with Gasteiger partial charge in [0, 0.05) is 33.8 Å². The number of anilines is 1. The normalized spacial score (nSPS) is 13.5. The van der Waals surface area contributed by atoms with E-state index in [1.807, 2.05) is 35.8 Å². The zero-order valence-corrected chi connectivity index (χ0v) is 27.6. The average Bonchev–Trinajstić information content (AvgIpc) is 3.72. The summed E-state index contributed by atoms with van der Waals surface area (Å²) in [6, 6.07) is 13.4. The van der Waals surface area contributed by atoms with E-state index in [4.69, 9.17) is 22.3 Å². The summed E-state index contributed by atoms with van der Waals surface area (Å²) in [6.45, 7) is 6.09. The lowest BCUT2D eigenvalue weighted by Crippen LogP contribution is -2.27. The summed E-state index contributed by atoms with van der Waals surface area (Å²) in [6.07, 6.45) is 1.27. The fourth-order valence-corrected chi connectivity index (χ4v) is 6.46. The van der Waals surface area contributed by atoms with Gasteiger partial charge in [-0.3, -0.25) is 19.1 Å². The smallest absolute Gasteiger partial charge is 0.352 e. The van der Waals surface area contributed by atoms with Crippen molar-refractivity contribution in [2.45, 2.75) is 33.2 Å². The molecule has 0 spiro atoms. The summed E-state index contributed by atoms with van der Waals surface area (Å²) in [4.78, 5) is 45.2. The predicted octanol–water partition coefficient (Wildman–Crippen LogP) is 3.46. The van der Waals surface area contributed by atoms with Crippen molar-refractivity contribution in [3.05, 3.63) is 109 Å². The van der Waals surface area contributed by atoms with Crippen LogP contribution in [0.1, 0.15) is 56.2 Å². The second-order valence-electron chi connectivity index (χ2n) is 10.9. The van der Waals surface area contributed by atoms with Crippen molar-refractivity contribution in [1.29, 1.82) is 0 Å². The van der Waals surface area contributed by atoms with Crippen LogP contribution in [-0.2, 0) is 11.8 Å². The third-order valence-electron chi connectivity index (χ3n) is 7.62. The Morgan fingerprint density at radius 1 is 1.04 bits per heavy atom. The number of nitrogens with zero attached hydrogens (tertiary/aromatic N) is 9. The zero-order valence-electron chi connectivity index (χ0n) is 26.0. The van der Waals surface area contributed by atoms with Gasteiger partial charge in [0.25, 0.3) is 5.91 Å². The quantitative estimate of drug-likeness (QED) is 0.227. The Kier molecular flexibility index (Phi) is 8.59. The minimum Gasteiger partial charge on any atom is -0.508 e. The molecule has 0 saturated carbocycles. The Balaban J connectivity index is 0.000000239. The van der Waals surface area contributed by atoms with E-state index in [0.29, 0.717) is 16.5 Å². The molecule has 4 aromatic heterocycles. The SMILES string of the molecule is Cc1sc2c(c1C)C(c1ccc(Cl)cc1)=NC(CC(=O)Nc1ccc(O)cc1)c1nnc(C)n1-2.Cn1nnc2c(C(N)=O)ncn2c1=O. The van der Waals surface area contributed by atoms with Gasteiger partial charge in [-0.1, -0.05) is 28.9 Å².